The SMILES string of the molecule is Cc1ccc(-n2cc(-c3ccc(Cl)cc3)nc2NC(=O)CN(C[C@@H]2CCCO2)C(=O)c2ccccc2)cc1. The summed E-state index contributed by atoms with van der Waals surface area (Å²) < 4.78 is 7.60. The molecule has 5 rings (SSSR count). The van der Waals surface area contributed by atoms with Crippen LogP contribution in [0, 0.1) is 6.92 Å². The smallest absolute Gasteiger partial charge is 0.254 e. The van der Waals surface area contributed by atoms with Gasteiger partial charge in [-0.25, -0.2) is 4.98 Å². The first-order valence-corrected chi connectivity index (χ1v) is 13.0. The van der Waals surface area contributed by atoms with Crippen LogP contribution in [0.25, 0.3) is 16.9 Å². The molecule has 7 nitrogen and oxygen atoms in total. The molecule has 1 fully saturated rings. The molecule has 0 spiro atoms. The zero-order valence-electron chi connectivity index (χ0n) is 21.1. The molecule has 0 unspecified atom stereocenters. The topological polar surface area (TPSA) is 76.5 Å². The Morgan fingerprint density at radius 1 is 1.05 bits per heavy atom. The zero-order chi connectivity index (χ0) is 26.5. The molecule has 2 heterocycles. The number of benzene rings is 3. The van der Waals surface area contributed by atoms with Crippen LogP contribution < -0.4 is 5.32 Å². The van der Waals surface area contributed by atoms with E-state index in [4.69, 9.17) is 21.3 Å². The fraction of sp³-hybridized carbons (Fsp3) is 0.233. The predicted molar refractivity (Wildman–Crippen MR) is 149 cm³/mol. The molecule has 8 heteroatoms. The third-order valence-corrected chi connectivity index (χ3v) is 6.75. The highest BCUT2D eigenvalue weighted by molar-refractivity contribution is 6.30. The summed E-state index contributed by atoms with van der Waals surface area (Å²) in [6.07, 6.45) is 3.61. The van der Waals surface area contributed by atoms with Crippen molar-refractivity contribution in [3.05, 3.63) is 101 Å². The number of imidazole rings is 1. The predicted octanol–water partition coefficient (Wildman–Crippen LogP) is 5.76. The van der Waals surface area contributed by atoms with E-state index in [1.54, 1.807) is 29.2 Å². The Hall–Kier alpha value is -3.94. The molecule has 0 aliphatic carbocycles. The Balaban J connectivity index is 1.41. The first-order chi connectivity index (χ1) is 18.5. The average molecular weight is 529 g/mol. The second-order valence-corrected chi connectivity index (χ2v) is 9.83. The molecule has 2 amide bonds. The van der Waals surface area contributed by atoms with Crippen LogP contribution in [-0.2, 0) is 9.53 Å². The number of amides is 2. The quantitative estimate of drug-likeness (QED) is 0.315. The van der Waals surface area contributed by atoms with E-state index >= 15 is 0 Å². The monoisotopic (exact) mass is 528 g/mol. The summed E-state index contributed by atoms with van der Waals surface area (Å²) in [5.74, 6) is -0.179. The highest BCUT2D eigenvalue weighted by Crippen LogP contribution is 2.26. The van der Waals surface area contributed by atoms with Crippen molar-refractivity contribution in [2.75, 3.05) is 25.0 Å². The molecule has 0 bridgehead atoms. The van der Waals surface area contributed by atoms with E-state index < -0.39 is 0 Å². The number of carbonyl (C=O) groups is 2. The fourth-order valence-electron chi connectivity index (χ4n) is 4.48. The third-order valence-electron chi connectivity index (χ3n) is 6.50. The average Bonchev–Trinajstić information content (AvgIpc) is 3.59. The molecular formula is C30H29ClN4O3. The number of carbonyl (C=O) groups excluding carboxylic acids is 2. The lowest BCUT2D eigenvalue weighted by molar-refractivity contribution is -0.117. The van der Waals surface area contributed by atoms with Gasteiger partial charge in [0.25, 0.3) is 5.91 Å². The Labute approximate surface area is 227 Å². The molecule has 3 aromatic carbocycles. The van der Waals surface area contributed by atoms with E-state index in [1.165, 1.54) is 0 Å². The molecule has 1 N–H and O–H groups in total. The third kappa shape index (κ3) is 6.13. The number of nitrogens with zero attached hydrogens (tertiary/aromatic N) is 3. The first-order valence-electron chi connectivity index (χ1n) is 12.6. The number of aromatic nitrogens is 2. The van der Waals surface area contributed by atoms with Crippen molar-refractivity contribution in [2.24, 2.45) is 0 Å². The second kappa shape index (κ2) is 11.6. The van der Waals surface area contributed by atoms with Gasteiger partial charge in [-0.15, -0.1) is 0 Å². The van der Waals surface area contributed by atoms with Gasteiger partial charge in [-0.3, -0.25) is 19.5 Å². The standard InChI is InChI=1S/C30H29ClN4O3/c1-21-9-15-25(16-10-21)35-19-27(22-11-13-24(31)14-12-22)32-30(35)33-28(36)20-34(18-26-8-5-17-38-26)29(37)23-6-3-2-4-7-23/h2-4,6-7,9-16,19,26H,5,8,17-18,20H2,1H3,(H,32,33,36)/t26-/m0/s1. The number of ether oxygens (including phenoxy) is 1. The Morgan fingerprint density at radius 2 is 1.79 bits per heavy atom. The van der Waals surface area contributed by atoms with E-state index in [0.717, 1.165) is 29.7 Å². The summed E-state index contributed by atoms with van der Waals surface area (Å²) in [7, 11) is 0. The van der Waals surface area contributed by atoms with Crippen LogP contribution in [-0.4, -0.2) is 52.1 Å². The van der Waals surface area contributed by atoms with Gasteiger partial charge < -0.3 is 9.64 Å². The van der Waals surface area contributed by atoms with Crippen LogP contribution in [0.1, 0.15) is 28.8 Å². The van der Waals surface area contributed by atoms with Crippen molar-refractivity contribution < 1.29 is 14.3 Å². The van der Waals surface area contributed by atoms with Crippen molar-refractivity contribution in [3.8, 4) is 16.9 Å². The van der Waals surface area contributed by atoms with E-state index in [2.05, 4.69) is 5.32 Å². The van der Waals surface area contributed by atoms with Crippen molar-refractivity contribution >= 4 is 29.4 Å². The van der Waals surface area contributed by atoms with Crippen LogP contribution >= 0.6 is 11.6 Å². The van der Waals surface area contributed by atoms with Crippen molar-refractivity contribution in [2.45, 2.75) is 25.9 Å². The maximum Gasteiger partial charge on any atom is 0.254 e. The highest BCUT2D eigenvalue weighted by Gasteiger charge is 2.26. The lowest BCUT2D eigenvalue weighted by atomic mass is 10.1. The van der Waals surface area contributed by atoms with E-state index in [0.29, 0.717) is 35.4 Å². The van der Waals surface area contributed by atoms with E-state index in [-0.39, 0.29) is 24.5 Å². The van der Waals surface area contributed by atoms with E-state index in [1.807, 2.05) is 72.3 Å². The minimum Gasteiger partial charge on any atom is -0.376 e. The molecule has 4 aromatic rings. The van der Waals surface area contributed by atoms with Crippen molar-refractivity contribution in [3.63, 3.8) is 0 Å². The Bertz CT molecular complexity index is 1400. The number of anilines is 1. The van der Waals surface area contributed by atoms with Gasteiger partial charge in [0.05, 0.1) is 11.8 Å². The van der Waals surface area contributed by atoms with Gasteiger partial charge >= 0.3 is 0 Å². The van der Waals surface area contributed by atoms with Crippen molar-refractivity contribution in [1.82, 2.24) is 14.5 Å². The molecule has 1 atom stereocenters. The van der Waals surface area contributed by atoms with E-state index in [9.17, 15) is 9.59 Å². The van der Waals surface area contributed by atoms with Crippen LogP contribution in [0.4, 0.5) is 5.95 Å². The normalized spacial score (nSPS) is 14.8. The molecule has 194 valence electrons. The summed E-state index contributed by atoms with van der Waals surface area (Å²) in [5.41, 5.74) is 4.07. The molecule has 38 heavy (non-hydrogen) atoms. The van der Waals surface area contributed by atoms with Gasteiger partial charge in [-0.05, 0) is 56.2 Å². The van der Waals surface area contributed by atoms with Crippen molar-refractivity contribution in [1.29, 1.82) is 0 Å². The van der Waals surface area contributed by atoms with Crippen LogP contribution in [0.2, 0.25) is 5.02 Å². The largest absolute Gasteiger partial charge is 0.376 e. The first kappa shape index (κ1) is 25.7. The number of hydrogen-bond acceptors (Lipinski definition) is 4. The molecular weight excluding hydrogens is 500 g/mol. The summed E-state index contributed by atoms with van der Waals surface area (Å²) in [6.45, 7) is 2.92. The van der Waals surface area contributed by atoms with Gasteiger partial charge in [0.15, 0.2) is 0 Å². The molecule has 0 radical (unpaired) electrons. The lowest BCUT2D eigenvalue weighted by Gasteiger charge is -2.25. The molecule has 1 aliphatic rings. The number of nitrogens with one attached hydrogen (secondary N) is 1. The maximum absolute atomic E-state index is 13.3. The molecule has 0 saturated carbocycles. The Morgan fingerprint density at radius 3 is 2.47 bits per heavy atom. The minimum absolute atomic E-state index is 0.0819. The van der Waals surface area contributed by atoms with Crippen LogP contribution in [0.3, 0.4) is 0 Å². The molecule has 1 saturated heterocycles. The number of halogens is 1. The highest BCUT2D eigenvalue weighted by atomic mass is 35.5. The number of aryl methyl sites for hydroxylation is 1. The summed E-state index contributed by atoms with van der Waals surface area (Å²) in [6, 6.07) is 24.3. The summed E-state index contributed by atoms with van der Waals surface area (Å²) in [4.78, 5) is 32.9. The zero-order valence-corrected chi connectivity index (χ0v) is 21.9. The number of rotatable bonds is 8. The van der Waals surface area contributed by atoms with Gasteiger partial charge in [-0.1, -0.05) is 59.6 Å². The lowest BCUT2D eigenvalue weighted by Crippen LogP contribution is -2.42. The van der Waals surface area contributed by atoms with Gasteiger partial charge in [0.1, 0.15) is 6.54 Å². The second-order valence-electron chi connectivity index (χ2n) is 9.40. The van der Waals surface area contributed by atoms with Gasteiger partial charge in [-0.2, -0.15) is 0 Å². The molecule has 1 aliphatic heterocycles. The summed E-state index contributed by atoms with van der Waals surface area (Å²) >= 11 is 6.07. The van der Waals surface area contributed by atoms with Crippen LogP contribution in [0.15, 0.2) is 85.1 Å². The number of hydrogen-bond donors (Lipinski definition) is 1. The van der Waals surface area contributed by atoms with Gasteiger partial charge in [0.2, 0.25) is 11.9 Å². The molecule has 1 aromatic heterocycles. The van der Waals surface area contributed by atoms with Crippen LogP contribution in [0.5, 0.6) is 0 Å². The Kier molecular flexibility index (Phi) is 7.86. The minimum atomic E-state index is -0.339. The van der Waals surface area contributed by atoms with Gasteiger partial charge in [0, 0.05) is 41.2 Å². The fourth-order valence-corrected chi connectivity index (χ4v) is 4.61. The summed E-state index contributed by atoms with van der Waals surface area (Å²) in [5, 5.41) is 3.57. The maximum atomic E-state index is 13.3.